The van der Waals surface area contributed by atoms with Crippen molar-refractivity contribution >= 4 is 11.9 Å². The van der Waals surface area contributed by atoms with Crippen LogP contribution in [0, 0.1) is 0 Å². The maximum Gasteiger partial charge on any atom is 0.422 e. The number of guanidine groups is 1. The number of carbonyl (C=O) groups excluding carboxylic acids is 1. The zero-order chi connectivity index (χ0) is 21.3. The topological polar surface area (TPSA) is 88.7 Å². The summed E-state index contributed by atoms with van der Waals surface area (Å²) < 4.78 is 41.2. The van der Waals surface area contributed by atoms with Gasteiger partial charge in [-0.1, -0.05) is 24.3 Å². The first-order valence-electron chi connectivity index (χ1n) is 8.96. The number of rotatable bonds is 8. The van der Waals surface area contributed by atoms with Crippen molar-refractivity contribution in [3.05, 3.63) is 65.2 Å². The normalized spacial score (nSPS) is 11.8. The second-order valence-corrected chi connectivity index (χ2v) is 6.16. The molecule has 156 valence electrons. The van der Waals surface area contributed by atoms with Crippen LogP contribution in [-0.4, -0.2) is 31.2 Å². The Hall–Kier alpha value is -3.23. The van der Waals surface area contributed by atoms with Crippen molar-refractivity contribution in [1.82, 2.24) is 10.6 Å². The van der Waals surface area contributed by atoms with Gasteiger partial charge in [-0.15, -0.1) is 0 Å². The molecule has 2 aromatic rings. The molecule has 0 atom stereocenters. The summed E-state index contributed by atoms with van der Waals surface area (Å²) in [5, 5.41) is 6.25. The first kappa shape index (κ1) is 22.1. The fourth-order valence-corrected chi connectivity index (χ4v) is 2.39. The number of ether oxygens (including phenoxy) is 1. The average molecular weight is 408 g/mol. The highest BCUT2D eigenvalue weighted by molar-refractivity contribution is 5.92. The highest BCUT2D eigenvalue weighted by Crippen LogP contribution is 2.18. The number of amides is 1. The van der Waals surface area contributed by atoms with E-state index in [0.29, 0.717) is 31.2 Å². The van der Waals surface area contributed by atoms with E-state index in [9.17, 15) is 18.0 Å². The highest BCUT2D eigenvalue weighted by atomic mass is 19.4. The predicted octanol–water partition coefficient (Wildman–Crippen LogP) is 2.98. The number of nitrogens with one attached hydrogen (secondary N) is 2. The van der Waals surface area contributed by atoms with Crippen molar-refractivity contribution in [2.24, 2.45) is 10.7 Å². The Kier molecular flexibility index (Phi) is 7.88. The van der Waals surface area contributed by atoms with E-state index >= 15 is 0 Å². The summed E-state index contributed by atoms with van der Waals surface area (Å²) in [6.45, 7) is 2.03. The van der Waals surface area contributed by atoms with E-state index in [1.807, 2.05) is 13.0 Å². The number of halogens is 3. The molecule has 0 aliphatic carbocycles. The molecule has 0 unspecified atom stereocenters. The van der Waals surface area contributed by atoms with Crippen LogP contribution in [0.25, 0.3) is 0 Å². The van der Waals surface area contributed by atoms with Gasteiger partial charge in [0.1, 0.15) is 5.75 Å². The second-order valence-electron chi connectivity index (χ2n) is 6.16. The van der Waals surface area contributed by atoms with Gasteiger partial charge in [0.2, 0.25) is 5.91 Å². The summed E-state index contributed by atoms with van der Waals surface area (Å²) in [7, 11) is 0. The first-order valence-corrected chi connectivity index (χ1v) is 8.96. The molecule has 0 saturated heterocycles. The van der Waals surface area contributed by atoms with Crippen molar-refractivity contribution in [2.75, 3.05) is 13.2 Å². The number of primary amides is 1. The van der Waals surface area contributed by atoms with Gasteiger partial charge in [0.15, 0.2) is 12.6 Å². The van der Waals surface area contributed by atoms with E-state index in [4.69, 9.17) is 5.73 Å². The fourth-order valence-electron chi connectivity index (χ4n) is 2.39. The summed E-state index contributed by atoms with van der Waals surface area (Å²) >= 11 is 0. The molecule has 6 nitrogen and oxygen atoms in total. The standard InChI is InChI=1S/C20H23F3N4O2/c1-2-25-19(27-12-15-4-3-5-16(10-15)18(24)28)26-11-14-6-8-17(9-7-14)29-13-20(21,22)23/h3-10H,2,11-13H2,1H3,(H2,24,28)(H2,25,26,27). The van der Waals surface area contributed by atoms with Crippen LogP contribution in [0.4, 0.5) is 13.2 Å². The van der Waals surface area contributed by atoms with Crippen LogP contribution in [0.3, 0.4) is 0 Å². The van der Waals surface area contributed by atoms with E-state index in [-0.39, 0.29) is 5.75 Å². The van der Waals surface area contributed by atoms with Gasteiger partial charge in [-0.05, 0) is 42.3 Å². The molecule has 29 heavy (non-hydrogen) atoms. The molecule has 9 heteroatoms. The highest BCUT2D eigenvalue weighted by Gasteiger charge is 2.28. The van der Waals surface area contributed by atoms with E-state index in [0.717, 1.165) is 11.1 Å². The van der Waals surface area contributed by atoms with Crippen LogP contribution < -0.4 is 21.1 Å². The van der Waals surface area contributed by atoms with Crippen LogP contribution in [0.2, 0.25) is 0 Å². The minimum Gasteiger partial charge on any atom is -0.484 e. The zero-order valence-corrected chi connectivity index (χ0v) is 15.9. The summed E-state index contributed by atoms with van der Waals surface area (Å²) in [6, 6.07) is 13.3. The minimum atomic E-state index is -4.37. The van der Waals surface area contributed by atoms with Crippen molar-refractivity contribution in [2.45, 2.75) is 26.2 Å². The van der Waals surface area contributed by atoms with Crippen LogP contribution in [0.1, 0.15) is 28.4 Å². The third kappa shape index (κ3) is 8.12. The van der Waals surface area contributed by atoms with E-state index in [1.54, 1.807) is 30.3 Å². The lowest BCUT2D eigenvalue weighted by Crippen LogP contribution is -2.36. The van der Waals surface area contributed by atoms with Gasteiger partial charge in [-0.3, -0.25) is 4.79 Å². The lowest BCUT2D eigenvalue weighted by Gasteiger charge is -2.12. The number of benzene rings is 2. The number of hydrogen-bond acceptors (Lipinski definition) is 3. The zero-order valence-electron chi connectivity index (χ0n) is 15.9. The Balaban J connectivity index is 1.94. The van der Waals surface area contributed by atoms with Crippen molar-refractivity contribution in [3.8, 4) is 5.75 Å². The van der Waals surface area contributed by atoms with E-state index in [2.05, 4.69) is 20.4 Å². The monoisotopic (exact) mass is 408 g/mol. The summed E-state index contributed by atoms with van der Waals surface area (Å²) in [5.74, 6) is 0.221. The molecule has 0 aromatic heterocycles. The van der Waals surface area contributed by atoms with Crippen LogP contribution >= 0.6 is 0 Å². The largest absolute Gasteiger partial charge is 0.484 e. The molecule has 0 saturated carbocycles. The Labute approximate surface area is 167 Å². The molecule has 0 fully saturated rings. The lowest BCUT2D eigenvalue weighted by molar-refractivity contribution is -0.153. The second kappa shape index (κ2) is 10.4. The molecular weight excluding hydrogens is 385 g/mol. The van der Waals surface area contributed by atoms with Crippen molar-refractivity contribution in [3.63, 3.8) is 0 Å². The summed E-state index contributed by atoms with van der Waals surface area (Å²) in [6.07, 6.45) is -4.37. The lowest BCUT2D eigenvalue weighted by atomic mass is 10.1. The van der Waals surface area contributed by atoms with Crippen LogP contribution in [-0.2, 0) is 13.1 Å². The van der Waals surface area contributed by atoms with E-state index in [1.165, 1.54) is 12.1 Å². The number of hydrogen-bond donors (Lipinski definition) is 3. The van der Waals surface area contributed by atoms with Crippen molar-refractivity contribution < 1.29 is 22.7 Å². The Bertz CT molecular complexity index is 836. The SMILES string of the molecule is CCNC(=NCc1cccc(C(N)=O)c1)NCc1ccc(OCC(F)(F)F)cc1. The Morgan fingerprint density at radius 2 is 1.83 bits per heavy atom. The van der Waals surface area contributed by atoms with E-state index < -0.39 is 18.7 Å². The molecular formula is C20H23F3N4O2. The molecule has 2 rings (SSSR count). The molecule has 0 bridgehead atoms. The van der Waals surface area contributed by atoms with Crippen molar-refractivity contribution in [1.29, 1.82) is 0 Å². The molecule has 0 heterocycles. The molecule has 2 aromatic carbocycles. The number of carbonyl (C=O) groups is 1. The third-order valence-electron chi connectivity index (χ3n) is 3.76. The number of alkyl halides is 3. The maximum absolute atomic E-state index is 12.2. The number of nitrogens with two attached hydrogens (primary N) is 1. The van der Waals surface area contributed by atoms with Crippen LogP contribution in [0.15, 0.2) is 53.5 Å². The fraction of sp³-hybridized carbons (Fsp3) is 0.300. The van der Waals surface area contributed by atoms with Gasteiger partial charge in [0.05, 0.1) is 6.54 Å². The predicted molar refractivity (Wildman–Crippen MR) is 105 cm³/mol. The van der Waals surface area contributed by atoms with Gasteiger partial charge in [0, 0.05) is 18.7 Å². The Morgan fingerprint density at radius 1 is 1.10 bits per heavy atom. The molecule has 1 amide bonds. The number of nitrogens with zero attached hydrogens (tertiary/aromatic N) is 1. The van der Waals surface area contributed by atoms with Gasteiger partial charge in [-0.2, -0.15) is 13.2 Å². The summed E-state index contributed by atoms with van der Waals surface area (Å²) in [4.78, 5) is 15.7. The molecule has 0 spiro atoms. The summed E-state index contributed by atoms with van der Waals surface area (Å²) in [5.41, 5.74) is 7.40. The van der Waals surface area contributed by atoms with Gasteiger partial charge in [-0.25, -0.2) is 4.99 Å². The third-order valence-corrected chi connectivity index (χ3v) is 3.76. The maximum atomic E-state index is 12.2. The average Bonchev–Trinajstić information content (AvgIpc) is 2.69. The van der Waals surface area contributed by atoms with Gasteiger partial charge >= 0.3 is 6.18 Å². The first-order chi connectivity index (χ1) is 13.8. The minimum absolute atomic E-state index is 0.154. The molecule has 0 aliphatic heterocycles. The van der Waals surface area contributed by atoms with Crippen LogP contribution in [0.5, 0.6) is 5.75 Å². The quantitative estimate of drug-likeness (QED) is 0.463. The van der Waals surface area contributed by atoms with Gasteiger partial charge < -0.3 is 21.1 Å². The number of aliphatic imine (C=N–C) groups is 1. The smallest absolute Gasteiger partial charge is 0.422 e. The molecule has 0 radical (unpaired) electrons. The molecule has 4 N–H and O–H groups in total. The molecule has 0 aliphatic rings. The van der Waals surface area contributed by atoms with Gasteiger partial charge in [0.25, 0.3) is 0 Å². The Morgan fingerprint density at radius 3 is 2.45 bits per heavy atom.